The van der Waals surface area contributed by atoms with E-state index in [1.54, 1.807) is 0 Å². The third kappa shape index (κ3) is 5.10. The van der Waals surface area contributed by atoms with Crippen molar-refractivity contribution in [2.45, 2.75) is 31.8 Å². The molecule has 1 N–H and O–H groups in total. The summed E-state index contributed by atoms with van der Waals surface area (Å²) < 4.78 is 8.91. The van der Waals surface area contributed by atoms with Crippen molar-refractivity contribution in [2.75, 3.05) is 19.7 Å². The highest BCUT2D eigenvalue weighted by Crippen LogP contribution is 2.25. The number of ketones is 1. The molecular formula is C22H25BrN4O2. The van der Waals surface area contributed by atoms with Gasteiger partial charge in [0.25, 0.3) is 0 Å². The van der Waals surface area contributed by atoms with Crippen LogP contribution in [0.15, 0.2) is 53.1 Å². The topological polar surface area (TPSA) is 68.5 Å². The fraction of sp³-hybridized carbons (Fsp3) is 0.409. The lowest BCUT2D eigenvalue weighted by molar-refractivity contribution is -0.124. The van der Waals surface area contributed by atoms with Gasteiger partial charge in [0.15, 0.2) is 5.65 Å². The van der Waals surface area contributed by atoms with Crippen molar-refractivity contribution in [1.82, 2.24) is 19.9 Å². The molecule has 1 atom stereocenters. The highest BCUT2D eigenvalue weighted by atomic mass is 79.9. The lowest BCUT2D eigenvalue weighted by Gasteiger charge is -2.23. The van der Waals surface area contributed by atoms with Crippen LogP contribution in [0.1, 0.15) is 36.6 Å². The van der Waals surface area contributed by atoms with E-state index in [4.69, 9.17) is 4.74 Å². The Morgan fingerprint density at radius 2 is 1.97 bits per heavy atom. The Morgan fingerprint density at radius 3 is 2.76 bits per heavy atom. The Balaban J connectivity index is 1.52. The highest BCUT2D eigenvalue weighted by Gasteiger charge is 2.27. The second kappa shape index (κ2) is 9.61. The number of nitrogens with zero attached hydrogens (tertiary/aromatic N) is 3. The molecule has 0 saturated carbocycles. The first kappa shape index (κ1) is 20.2. The molecule has 3 aromatic rings. The van der Waals surface area contributed by atoms with Gasteiger partial charge in [-0.2, -0.15) is 0 Å². The maximum Gasteiger partial charge on any atom is 0.160 e. The van der Waals surface area contributed by atoms with Crippen molar-refractivity contribution >= 4 is 27.4 Å². The molecule has 152 valence electrons. The number of carbonyl (C=O) groups is 1. The molecule has 7 heteroatoms. The predicted octanol–water partition coefficient (Wildman–Crippen LogP) is 3.75. The summed E-state index contributed by atoms with van der Waals surface area (Å²) in [7, 11) is 0. The van der Waals surface area contributed by atoms with Crippen molar-refractivity contribution in [3.8, 4) is 0 Å². The number of hydrogen-bond acceptors (Lipinski definition) is 5. The molecule has 4 rings (SSSR count). The first-order valence-corrected chi connectivity index (χ1v) is 10.9. The van der Waals surface area contributed by atoms with E-state index in [9.17, 15) is 4.79 Å². The molecule has 6 nitrogen and oxygen atoms in total. The van der Waals surface area contributed by atoms with Crippen molar-refractivity contribution in [3.63, 3.8) is 0 Å². The first-order valence-electron chi connectivity index (χ1n) is 10.1. The SMILES string of the molecule is O=C(C[C@H](COCc1ccccc1)c1nnc2ccc(Br)cn12)C1CCNCC1. The quantitative estimate of drug-likeness (QED) is 0.558. The van der Waals surface area contributed by atoms with Crippen molar-refractivity contribution in [3.05, 3.63) is 64.5 Å². The maximum absolute atomic E-state index is 13.0. The zero-order valence-electron chi connectivity index (χ0n) is 16.3. The maximum atomic E-state index is 13.0. The van der Waals surface area contributed by atoms with Crippen molar-refractivity contribution < 1.29 is 9.53 Å². The van der Waals surface area contributed by atoms with Crippen LogP contribution in [-0.2, 0) is 16.1 Å². The van der Waals surface area contributed by atoms with Crippen molar-refractivity contribution in [2.24, 2.45) is 5.92 Å². The molecule has 1 aliphatic heterocycles. The third-order valence-electron chi connectivity index (χ3n) is 5.43. The number of aromatic nitrogens is 3. The summed E-state index contributed by atoms with van der Waals surface area (Å²) >= 11 is 3.52. The van der Waals surface area contributed by atoms with Gasteiger partial charge >= 0.3 is 0 Å². The van der Waals surface area contributed by atoms with Gasteiger partial charge in [-0.25, -0.2) is 0 Å². The number of benzene rings is 1. The number of carbonyl (C=O) groups excluding carboxylic acids is 1. The summed E-state index contributed by atoms with van der Waals surface area (Å²) in [5, 5.41) is 12.0. The van der Waals surface area contributed by atoms with Crippen LogP contribution in [0.5, 0.6) is 0 Å². The Bertz CT molecular complexity index is 954. The van der Waals surface area contributed by atoms with E-state index in [0.29, 0.717) is 25.4 Å². The minimum absolute atomic E-state index is 0.124. The average Bonchev–Trinajstić information content (AvgIpc) is 3.17. The van der Waals surface area contributed by atoms with Crippen LogP contribution in [0.3, 0.4) is 0 Å². The number of Topliss-reactive ketones (excluding diaryl/α,β-unsaturated/α-hetero) is 1. The molecule has 1 fully saturated rings. The molecule has 1 aliphatic rings. The van der Waals surface area contributed by atoms with Gasteiger partial charge in [-0.15, -0.1) is 10.2 Å². The number of fused-ring (bicyclic) bond motifs is 1. The summed E-state index contributed by atoms with van der Waals surface area (Å²) in [5.41, 5.74) is 1.88. The molecule has 0 radical (unpaired) electrons. The van der Waals surface area contributed by atoms with E-state index in [-0.39, 0.29) is 11.8 Å². The van der Waals surface area contributed by atoms with Crippen LogP contribution in [0, 0.1) is 5.92 Å². The van der Waals surface area contributed by atoms with Crippen LogP contribution in [0.25, 0.3) is 5.65 Å². The zero-order chi connectivity index (χ0) is 20.1. The van der Waals surface area contributed by atoms with E-state index in [0.717, 1.165) is 47.4 Å². The van der Waals surface area contributed by atoms with E-state index in [1.165, 1.54) is 0 Å². The molecule has 0 bridgehead atoms. The second-order valence-electron chi connectivity index (χ2n) is 7.53. The Kier molecular flexibility index (Phi) is 6.69. The number of nitrogens with one attached hydrogen (secondary N) is 1. The third-order valence-corrected chi connectivity index (χ3v) is 5.90. The summed E-state index contributed by atoms with van der Waals surface area (Å²) in [6.07, 6.45) is 4.18. The van der Waals surface area contributed by atoms with E-state index in [1.807, 2.05) is 53.1 Å². The summed E-state index contributed by atoms with van der Waals surface area (Å²) in [6, 6.07) is 13.9. The number of rotatable bonds is 8. The lowest BCUT2D eigenvalue weighted by Crippen LogP contribution is -2.32. The normalized spacial score (nSPS) is 16.2. The van der Waals surface area contributed by atoms with E-state index >= 15 is 0 Å². The fourth-order valence-electron chi connectivity index (χ4n) is 3.83. The van der Waals surface area contributed by atoms with Crippen LogP contribution in [-0.4, -0.2) is 40.1 Å². The van der Waals surface area contributed by atoms with Gasteiger partial charge in [0.05, 0.1) is 13.2 Å². The molecule has 2 aromatic heterocycles. The van der Waals surface area contributed by atoms with Gasteiger partial charge in [0.1, 0.15) is 11.6 Å². The monoisotopic (exact) mass is 456 g/mol. The molecule has 1 aromatic carbocycles. The van der Waals surface area contributed by atoms with Gasteiger partial charge in [0, 0.05) is 28.9 Å². The number of pyridine rings is 1. The molecular weight excluding hydrogens is 432 g/mol. The largest absolute Gasteiger partial charge is 0.376 e. The van der Waals surface area contributed by atoms with E-state index in [2.05, 4.69) is 31.4 Å². The van der Waals surface area contributed by atoms with Crippen LogP contribution in [0.2, 0.25) is 0 Å². The standard InChI is InChI=1S/C22H25BrN4O2/c23-19-6-7-21-25-26-22(27(21)13-19)18(12-20(28)17-8-10-24-11-9-17)15-29-14-16-4-2-1-3-5-16/h1-7,13,17-18,24H,8-12,14-15H2/t18-/m1/s1. The van der Waals surface area contributed by atoms with Gasteiger partial charge < -0.3 is 10.1 Å². The average molecular weight is 457 g/mol. The second-order valence-corrected chi connectivity index (χ2v) is 8.44. The lowest BCUT2D eigenvalue weighted by atomic mass is 9.88. The molecule has 0 amide bonds. The summed E-state index contributed by atoms with van der Waals surface area (Å²) in [5.74, 6) is 1.06. The number of halogens is 1. The predicted molar refractivity (Wildman–Crippen MR) is 115 cm³/mol. The smallest absolute Gasteiger partial charge is 0.160 e. The summed E-state index contributed by atoms with van der Waals surface area (Å²) in [4.78, 5) is 13.0. The van der Waals surface area contributed by atoms with Gasteiger partial charge in [-0.05, 0) is 59.6 Å². The molecule has 1 saturated heterocycles. The Morgan fingerprint density at radius 1 is 1.17 bits per heavy atom. The van der Waals surface area contributed by atoms with Gasteiger partial charge in [-0.1, -0.05) is 30.3 Å². The zero-order valence-corrected chi connectivity index (χ0v) is 17.8. The Labute approximate surface area is 178 Å². The minimum Gasteiger partial charge on any atom is -0.376 e. The first-order chi connectivity index (χ1) is 14.2. The highest BCUT2D eigenvalue weighted by molar-refractivity contribution is 9.10. The molecule has 29 heavy (non-hydrogen) atoms. The van der Waals surface area contributed by atoms with Crippen LogP contribution >= 0.6 is 15.9 Å². The molecule has 0 spiro atoms. The minimum atomic E-state index is -0.134. The number of piperidine rings is 1. The van der Waals surface area contributed by atoms with Crippen LogP contribution < -0.4 is 5.32 Å². The number of ether oxygens (including phenoxy) is 1. The molecule has 0 aliphatic carbocycles. The van der Waals surface area contributed by atoms with Crippen molar-refractivity contribution in [1.29, 1.82) is 0 Å². The fourth-order valence-corrected chi connectivity index (χ4v) is 4.17. The van der Waals surface area contributed by atoms with Gasteiger partial charge in [0.2, 0.25) is 0 Å². The molecule has 3 heterocycles. The number of hydrogen-bond donors (Lipinski definition) is 1. The van der Waals surface area contributed by atoms with E-state index < -0.39 is 0 Å². The molecule has 0 unspecified atom stereocenters. The Hall–Kier alpha value is -2.09. The van der Waals surface area contributed by atoms with Gasteiger partial charge in [-0.3, -0.25) is 9.20 Å². The summed E-state index contributed by atoms with van der Waals surface area (Å²) in [6.45, 7) is 2.76. The van der Waals surface area contributed by atoms with Crippen LogP contribution in [0.4, 0.5) is 0 Å².